The third kappa shape index (κ3) is 2.23. The first kappa shape index (κ1) is 19.5. The number of imide groups is 1. The minimum atomic E-state index is -1.33. The number of hydrogen-bond acceptors (Lipinski definition) is 5. The number of amides is 2. The summed E-state index contributed by atoms with van der Waals surface area (Å²) in [7, 11) is 10.7. The fraction of sp³-hybridized carbons (Fsp3) is 0.286. The first-order chi connectivity index (χ1) is 12.3. The molecular weight excluding hydrogens is 337 g/mol. The van der Waals surface area contributed by atoms with Gasteiger partial charge in [0.2, 0.25) is 11.8 Å². The minimum absolute atomic E-state index is 0.292. The SMILES string of the molecule is Bc1ccc2nc(C)n(C3(B)C(=O)NC(=O)C(B)(B)C3(B)B)c(=O)c2c1N. The highest BCUT2D eigenvalue weighted by Gasteiger charge is 2.62. The lowest BCUT2D eigenvalue weighted by molar-refractivity contribution is -0.139. The van der Waals surface area contributed by atoms with Gasteiger partial charge in [0.1, 0.15) is 52.9 Å². The van der Waals surface area contributed by atoms with E-state index in [0.29, 0.717) is 22.4 Å². The number of aromatic nitrogens is 2. The average Bonchev–Trinajstić information content (AvgIpc) is 2.56. The molecular formula is C14H20B6N4O3. The average molecular weight is 357 g/mol. The van der Waals surface area contributed by atoms with Crippen LogP contribution in [0.3, 0.4) is 0 Å². The third-order valence-corrected chi connectivity index (χ3v) is 6.93. The summed E-state index contributed by atoms with van der Waals surface area (Å²) in [5.74, 6) is -0.481. The van der Waals surface area contributed by atoms with Crippen LogP contribution in [0.25, 0.3) is 10.9 Å². The van der Waals surface area contributed by atoms with E-state index in [-0.39, 0.29) is 11.5 Å². The van der Waals surface area contributed by atoms with Crippen molar-refractivity contribution in [1.29, 1.82) is 0 Å². The lowest BCUT2D eigenvalue weighted by atomic mass is 9.21. The number of fused-ring (bicyclic) bond motifs is 1. The van der Waals surface area contributed by atoms with E-state index >= 15 is 0 Å². The van der Waals surface area contributed by atoms with Crippen LogP contribution in [-0.2, 0) is 15.0 Å². The largest absolute Gasteiger partial charge is 0.398 e. The molecule has 2 amide bonds. The molecule has 1 aliphatic heterocycles. The van der Waals surface area contributed by atoms with Gasteiger partial charge in [0, 0.05) is 5.69 Å². The maximum atomic E-state index is 13.5. The molecule has 1 atom stereocenters. The van der Waals surface area contributed by atoms with Crippen molar-refractivity contribution >= 4 is 80.9 Å². The van der Waals surface area contributed by atoms with Crippen molar-refractivity contribution in [2.75, 3.05) is 5.73 Å². The van der Waals surface area contributed by atoms with Crippen molar-refractivity contribution < 1.29 is 9.59 Å². The number of rotatable bonds is 1. The molecule has 7 nitrogen and oxygen atoms in total. The van der Waals surface area contributed by atoms with Gasteiger partial charge in [-0.05, 0) is 18.2 Å². The quantitative estimate of drug-likeness (QED) is 0.300. The standard InChI is InChI=1S/C14H20B6N4O3/c1-4-22-6-3-2-5(15)8(21)7(6)9(25)24(4)13(18)11(27)23-10(26)12(16,17)14(13,19)20/h2-3H,15-21H2,1H3,(H,23,26,27). The minimum Gasteiger partial charge on any atom is -0.398 e. The van der Waals surface area contributed by atoms with Gasteiger partial charge < -0.3 is 5.73 Å². The molecule has 1 fully saturated rings. The van der Waals surface area contributed by atoms with Crippen LogP contribution in [0.2, 0.25) is 10.4 Å². The summed E-state index contributed by atoms with van der Waals surface area (Å²) in [6.07, 6.45) is 0. The molecule has 13 heteroatoms. The maximum Gasteiger partial charge on any atom is 0.263 e. The van der Waals surface area contributed by atoms with E-state index in [2.05, 4.69) is 10.3 Å². The van der Waals surface area contributed by atoms with Gasteiger partial charge >= 0.3 is 0 Å². The fourth-order valence-electron chi connectivity index (χ4n) is 3.98. The van der Waals surface area contributed by atoms with E-state index in [0.717, 1.165) is 5.46 Å². The highest BCUT2D eigenvalue weighted by molar-refractivity contribution is 6.66. The lowest BCUT2D eigenvalue weighted by Gasteiger charge is -2.56. The monoisotopic (exact) mass is 358 g/mol. The van der Waals surface area contributed by atoms with Crippen molar-refractivity contribution in [3.63, 3.8) is 0 Å². The Labute approximate surface area is 162 Å². The Morgan fingerprint density at radius 3 is 2.26 bits per heavy atom. The zero-order chi connectivity index (χ0) is 20.5. The first-order valence-corrected chi connectivity index (χ1v) is 8.93. The van der Waals surface area contributed by atoms with E-state index in [1.807, 2.05) is 29.6 Å². The Bertz CT molecular complexity index is 1080. The number of hydrogen-bond donors (Lipinski definition) is 2. The van der Waals surface area contributed by atoms with E-state index in [4.69, 9.17) is 5.73 Å². The number of carbonyl (C=O) groups is 2. The van der Waals surface area contributed by atoms with E-state index in [1.54, 1.807) is 36.5 Å². The molecule has 1 unspecified atom stereocenters. The number of nitrogens with two attached hydrogens (primary N) is 1. The molecule has 27 heavy (non-hydrogen) atoms. The van der Waals surface area contributed by atoms with Crippen molar-refractivity contribution in [2.24, 2.45) is 0 Å². The van der Waals surface area contributed by atoms with E-state index in [1.165, 1.54) is 4.57 Å². The van der Waals surface area contributed by atoms with Crippen LogP contribution in [0.15, 0.2) is 16.9 Å². The van der Waals surface area contributed by atoms with Crippen LogP contribution in [0, 0.1) is 6.92 Å². The van der Waals surface area contributed by atoms with Gasteiger partial charge in [-0.3, -0.25) is 24.3 Å². The number of nitrogens with zero attached hydrogens (tertiary/aromatic N) is 2. The molecule has 3 rings (SSSR count). The molecule has 1 aromatic carbocycles. The van der Waals surface area contributed by atoms with Crippen LogP contribution in [0.5, 0.6) is 0 Å². The second-order valence-corrected chi connectivity index (χ2v) is 8.60. The summed E-state index contributed by atoms with van der Waals surface area (Å²) in [6.45, 7) is 1.69. The van der Waals surface area contributed by atoms with Crippen molar-refractivity contribution in [2.45, 2.75) is 22.8 Å². The second-order valence-electron chi connectivity index (χ2n) is 8.60. The molecule has 0 bridgehead atoms. The molecule has 1 aliphatic rings. The highest BCUT2D eigenvalue weighted by atomic mass is 16.2. The van der Waals surface area contributed by atoms with Crippen molar-refractivity contribution in [3.8, 4) is 0 Å². The summed E-state index contributed by atoms with van der Waals surface area (Å²) < 4.78 is 1.40. The normalized spacial score (nSPS) is 23.9. The van der Waals surface area contributed by atoms with Gasteiger partial charge in [-0.15, -0.1) is 0 Å². The smallest absolute Gasteiger partial charge is 0.263 e. The van der Waals surface area contributed by atoms with Crippen LogP contribution >= 0.6 is 0 Å². The second kappa shape index (κ2) is 5.59. The summed E-state index contributed by atoms with van der Waals surface area (Å²) in [5.41, 5.74) is 6.08. The molecule has 132 valence electrons. The van der Waals surface area contributed by atoms with Gasteiger partial charge in [-0.25, -0.2) is 4.98 Å². The molecule has 1 saturated heterocycles. The number of carbonyl (C=O) groups excluding carboxylic acids is 2. The van der Waals surface area contributed by atoms with Gasteiger partial charge in [-0.2, -0.15) is 0 Å². The Hall–Kier alpha value is -2.31. The van der Waals surface area contributed by atoms with Gasteiger partial charge in [0.15, 0.2) is 0 Å². The predicted octanol–water partition coefficient (Wildman–Crippen LogP) is -6.75. The first-order valence-electron chi connectivity index (χ1n) is 8.93. The van der Waals surface area contributed by atoms with Gasteiger partial charge in [0.25, 0.3) is 5.56 Å². The van der Waals surface area contributed by atoms with Gasteiger partial charge in [0.05, 0.1) is 16.3 Å². The Morgan fingerprint density at radius 1 is 1.07 bits per heavy atom. The van der Waals surface area contributed by atoms with Crippen LogP contribution in [-0.4, -0.2) is 68.4 Å². The zero-order valence-corrected chi connectivity index (χ0v) is 16.9. The summed E-state index contributed by atoms with van der Waals surface area (Å²) >= 11 is 0. The van der Waals surface area contributed by atoms with Crippen LogP contribution < -0.4 is 22.1 Å². The summed E-state index contributed by atoms with van der Waals surface area (Å²) in [5, 5.41) is 0.971. The van der Waals surface area contributed by atoms with E-state index < -0.39 is 21.8 Å². The number of piperidine rings is 1. The Balaban J connectivity index is 2.47. The number of nitrogens with one attached hydrogen (secondary N) is 1. The molecule has 0 saturated carbocycles. The number of aryl methyl sites for hydroxylation is 1. The zero-order valence-electron chi connectivity index (χ0n) is 16.9. The molecule has 2 aromatic rings. The molecule has 2 heterocycles. The molecule has 0 radical (unpaired) electrons. The molecule has 1 aromatic heterocycles. The van der Waals surface area contributed by atoms with Gasteiger partial charge in [-0.1, -0.05) is 16.7 Å². The van der Waals surface area contributed by atoms with Crippen molar-refractivity contribution in [3.05, 3.63) is 28.3 Å². The summed E-state index contributed by atoms with van der Waals surface area (Å²) in [4.78, 5) is 43.6. The lowest BCUT2D eigenvalue weighted by Crippen LogP contribution is -2.71. The predicted molar refractivity (Wildman–Crippen MR) is 123 cm³/mol. The molecule has 0 aliphatic carbocycles. The maximum absolute atomic E-state index is 13.5. The third-order valence-electron chi connectivity index (χ3n) is 6.93. The Kier molecular flexibility index (Phi) is 4.03. The van der Waals surface area contributed by atoms with Crippen LogP contribution in [0.4, 0.5) is 5.69 Å². The summed E-state index contributed by atoms with van der Waals surface area (Å²) in [6, 6.07) is 3.57. The number of benzene rings is 1. The van der Waals surface area contributed by atoms with E-state index in [9.17, 15) is 14.4 Å². The topological polar surface area (TPSA) is 107 Å². The number of anilines is 1. The Morgan fingerprint density at radius 2 is 1.67 bits per heavy atom. The van der Waals surface area contributed by atoms with Crippen molar-refractivity contribution in [1.82, 2.24) is 14.9 Å². The molecule has 0 spiro atoms. The molecule has 3 N–H and O–H groups in total. The van der Waals surface area contributed by atoms with Crippen LogP contribution in [0.1, 0.15) is 5.82 Å². The fourth-order valence-corrected chi connectivity index (χ4v) is 3.98. The highest BCUT2D eigenvalue weighted by Crippen LogP contribution is 2.54. The number of nitrogen functional groups attached to an aromatic ring is 1.